The minimum atomic E-state index is -4.51. The third-order valence-corrected chi connectivity index (χ3v) is 2.16. The first kappa shape index (κ1) is 12.1. The predicted molar refractivity (Wildman–Crippen MR) is 49.1 cm³/mol. The molecule has 5 heteroatoms. The summed E-state index contributed by atoms with van der Waals surface area (Å²) in [6.45, 7) is 4.67. The zero-order valence-corrected chi connectivity index (χ0v) is 9.04. The van der Waals surface area contributed by atoms with Crippen molar-refractivity contribution in [3.05, 3.63) is 23.3 Å². The fourth-order valence-electron chi connectivity index (χ4n) is 1.53. The number of halogens is 4. The van der Waals surface area contributed by atoms with Crippen molar-refractivity contribution in [3.63, 3.8) is 0 Å². The van der Waals surface area contributed by atoms with Crippen LogP contribution in [0.3, 0.4) is 0 Å². The van der Waals surface area contributed by atoms with Crippen LogP contribution in [-0.4, -0.2) is 4.57 Å². The second-order valence-electron chi connectivity index (χ2n) is 4.57. The van der Waals surface area contributed by atoms with Crippen molar-refractivity contribution in [3.8, 4) is 0 Å². The maximum Gasteiger partial charge on any atom is 0.418 e. The van der Waals surface area contributed by atoms with E-state index in [2.05, 4.69) is 0 Å². The topological polar surface area (TPSA) is 4.93 Å². The monoisotopic (exact) mass is 223 g/mol. The molecule has 86 valence electrons. The summed E-state index contributed by atoms with van der Waals surface area (Å²) in [5, 5.41) is 0. The summed E-state index contributed by atoms with van der Waals surface area (Å²) >= 11 is 0. The Hall–Kier alpha value is -1.00. The Balaban J connectivity index is 3.48. The lowest BCUT2D eigenvalue weighted by Gasteiger charge is -2.20. The highest BCUT2D eigenvalue weighted by Gasteiger charge is 2.40. The average molecular weight is 223 g/mol. The Morgan fingerprint density at radius 1 is 1.13 bits per heavy atom. The lowest BCUT2D eigenvalue weighted by Crippen LogP contribution is -2.19. The largest absolute Gasteiger partial charge is 0.418 e. The third kappa shape index (κ3) is 2.16. The minimum Gasteiger partial charge on any atom is -0.327 e. The van der Waals surface area contributed by atoms with Gasteiger partial charge in [-0.2, -0.15) is 17.6 Å². The molecule has 0 aromatic carbocycles. The zero-order chi connectivity index (χ0) is 12.0. The quantitative estimate of drug-likeness (QED) is 0.593. The third-order valence-electron chi connectivity index (χ3n) is 2.16. The zero-order valence-electron chi connectivity index (χ0n) is 9.04. The summed E-state index contributed by atoms with van der Waals surface area (Å²) in [4.78, 5) is 0. The van der Waals surface area contributed by atoms with Gasteiger partial charge in [-0.15, -0.1) is 0 Å². The highest BCUT2D eigenvalue weighted by molar-refractivity contribution is 5.34. The highest BCUT2D eigenvalue weighted by atomic mass is 19.4. The van der Waals surface area contributed by atoms with Crippen LogP contribution in [0.25, 0.3) is 0 Å². The number of hydrogen-bond acceptors (Lipinski definition) is 0. The molecule has 1 nitrogen and oxygen atoms in total. The maximum atomic E-state index is 13.5. The van der Waals surface area contributed by atoms with Crippen LogP contribution in [0.5, 0.6) is 0 Å². The Morgan fingerprint density at radius 2 is 1.60 bits per heavy atom. The standard InChI is InChI=1S/C10H13F4N/c1-9(2,3)7-6(10(12,13)14)5-15(4)8(7)11/h5H,1-4H3. The molecule has 0 aliphatic heterocycles. The lowest BCUT2D eigenvalue weighted by atomic mass is 9.86. The van der Waals surface area contributed by atoms with Gasteiger partial charge in [0.2, 0.25) is 0 Å². The van der Waals surface area contributed by atoms with Crippen molar-refractivity contribution in [2.24, 2.45) is 7.05 Å². The van der Waals surface area contributed by atoms with Gasteiger partial charge >= 0.3 is 6.18 Å². The van der Waals surface area contributed by atoms with Crippen LogP contribution in [0.2, 0.25) is 0 Å². The Kier molecular flexibility index (Phi) is 2.62. The molecule has 0 saturated carbocycles. The number of rotatable bonds is 0. The van der Waals surface area contributed by atoms with Crippen molar-refractivity contribution in [1.29, 1.82) is 0 Å². The van der Waals surface area contributed by atoms with E-state index in [1.54, 1.807) is 20.8 Å². The molecule has 0 unspecified atom stereocenters. The second kappa shape index (κ2) is 3.25. The smallest absolute Gasteiger partial charge is 0.327 e. The summed E-state index contributed by atoms with van der Waals surface area (Å²) in [6, 6.07) is 0. The molecule has 0 bridgehead atoms. The van der Waals surface area contributed by atoms with Gasteiger partial charge < -0.3 is 4.57 Å². The fraction of sp³-hybridized carbons (Fsp3) is 0.600. The first-order valence-corrected chi connectivity index (χ1v) is 4.47. The number of aromatic nitrogens is 1. The van der Waals surface area contributed by atoms with E-state index in [1.165, 1.54) is 7.05 Å². The molecule has 15 heavy (non-hydrogen) atoms. The molecule has 0 saturated heterocycles. The van der Waals surface area contributed by atoms with Crippen LogP contribution in [0.4, 0.5) is 17.6 Å². The van der Waals surface area contributed by atoms with E-state index in [0.717, 1.165) is 10.8 Å². The van der Waals surface area contributed by atoms with Crippen molar-refractivity contribution in [1.82, 2.24) is 4.57 Å². The van der Waals surface area contributed by atoms with E-state index >= 15 is 0 Å². The number of nitrogens with zero attached hydrogens (tertiary/aromatic N) is 1. The van der Waals surface area contributed by atoms with Crippen LogP contribution < -0.4 is 0 Å². The fourth-order valence-corrected chi connectivity index (χ4v) is 1.53. The SMILES string of the molecule is Cn1cc(C(F)(F)F)c(C(C)(C)C)c1F. The van der Waals surface area contributed by atoms with E-state index in [0.29, 0.717) is 0 Å². The van der Waals surface area contributed by atoms with Crippen LogP contribution in [0.1, 0.15) is 31.9 Å². The minimum absolute atomic E-state index is 0.280. The normalized spacial score (nSPS) is 13.3. The molecular weight excluding hydrogens is 210 g/mol. The van der Waals surface area contributed by atoms with Gasteiger partial charge in [-0.3, -0.25) is 0 Å². The summed E-state index contributed by atoms with van der Waals surface area (Å²) in [5.41, 5.74) is -2.04. The molecule has 1 heterocycles. The molecule has 0 aliphatic rings. The van der Waals surface area contributed by atoms with Crippen LogP contribution >= 0.6 is 0 Å². The van der Waals surface area contributed by atoms with E-state index in [1.807, 2.05) is 0 Å². The molecule has 0 radical (unpaired) electrons. The number of alkyl halides is 3. The molecular formula is C10H13F4N. The summed E-state index contributed by atoms with van der Waals surface area (Å²) in [7, 11) is 1.26. The van der Waals surface area contributed by atoms with E-state index in [9.17, 15) is 17.6 Å². The molecule has 1 aromatic heterocycles. The van der Waals surface area contributed by atoms with Gasteiger partial charge in [-0.05, 0) is 5.41 Å². The average Bonchev–Trinajstić information content (AvgIpc) is 2.25. The van der Waals surface area contributed by atoms with Gasteiger partial charge in [0.1, 0.15) is 0 Å². The lowest BCUT2D eigenvalue weighted by molar-refractivity contribution is -0.138. The van der Waals surface area contributed by atoms with Crippen molar-refractivity contribution >= 4 is 0 Å². The number of aryl methyl sites for hydroxylation is 1. The molecule has 0 spiro atoms. The van der Waals surface area contributed by atoms with Crippen LogP contribution in [0.15, 0.2) is 6.20 Å². The van der Waals surface area contributed by atoms with Gasteiger partial charge in [0, 0.05) is 18.8 Å². The molecule has 0 fully saturated rings. The first-order valence-electron chi connectivity index (χ1n) is 4.47. The van der Waals surface area contributed by atoms with Gasteiger partial charge in [-0.25, -0.2) is 0 Å². The Morgan fingerprint density at radius 3 is 1.87 bits per heavy atom. The predicted octanol–water partition coefficient (Wildman–Crippen LogP) is 3.48. The molecule has 1 rings (SSSR count). The van der Waals surface area contributed by atoms with E-state index in [4.69, 9.17) is 0 Å². The van der Waals surface area contributed by atoms with Crippen molar-refractivity contribution in [2.45, 2.75) is 32.4 Å². The molecule has 0 aliphatic carbocycles. The van der Waals surface area contributed by atoms with Crippen LogP contribution in [0, 0.1) is 5.95 Å². The summed E-state index contributed by atoms with van der Waals surface area (Å²) < 4.78 is 52.2. The van der Waals surface area contributed by atoms with E-state index < -0.39 is 23.1 Å². The Bertz CT molecular complexity index is 368. The molecule has 0 atom stereocenters. The molecule has 0 amide bonds. The summed E-state index contributed by atoms with van der Waals surface area (Å²) in [5.74, 6) is -0.824. The second-order valence-corrected chi connectivity index (χ2v) is 4.57. The van der Waals surface area contributed by atoms with Gasteiger partial charge in [0.25, 0.3) is 0 Å². The van der Waals surface area contributed by atoms with Crippen molar-refractivity contribution < 1.29 is 17.6 Å². The maximum absolute atomic E-state index is 13.5. The van der Waals surface area contributed by atoms with Gasteiger partial charge in [0.15, 0.2) is 5.95 Å². The van der Waals surface area contributed by atoms with Gasteiger partial charge in [0.05, 0.1) is 5.56 Å². The first-order chi connectivity index (χ1) is 6.55. The van der Waals surface area contributed by atoms with Gasteiger partial charge in [-0.1, -0.05) is 20.8 Å². The van der Waals surface area contributed by atoms with Crippen molar-refractivity contribution in [2.75, 3.05) is 0 Å². The highest BCUT2D eigenvalue weighted by Crippen LogP contribution is 2.39. The van der Waals surface area contributed by atoms with Crippen LogP contribution in [-0.2, 0) is 18.6 Å². The Labute approximate surface area is 85.7 Å². The van der Waals surface area contributed by atoms with E-state index in [-0.39, 0.29) is 5.56 Å². The number of hydrogen-bond donors (Lipinski definition) is 0. The summed E-state index contributed by atoms with van der Waals surface area (Å²) in [6.07, 6.45) is -3.72. The molecule has 0 N–H and O–H groups in total. The molecule has 1 aromatic rings.